The summed E-state index contributed by atoms with van der Waals surface area (Å²) in [6.07, 6.45) is 0.543. The number of aromatic carboxylic acids is 1. The van der Waals surface area contributed by atoms with Crippen LogP contribution in [0.3, 0.4) is 0 Å². The molecule has 1 aliphatic heterocycles. The Bertz CT molecular complexity index is 631. The average Bonchev–Trinajstić information content (AvgIpc) is 2.67. The number of carbonyl (C=O) groups is 1. The Hall–Kier alpha value is -2.30. The highest BCUT2D eigenvalue weighted by Gasteiger charge is 2.24. The molecule has 18 heavy (non-hydrogen) atoms. The van der Waals surface area contributed by atoms with Crippen LogP contribution in [0.4, 0.5) is 0 Å². The maximum atomic E-state index is 11.1. The van der Waals surface area contributed by atoms with Crippen LogP contribution in [0.5, 0.6) is 5.75 Å². The molecular weight excluding hydrogens is 232 g/mol. The van der Waals surface area contributed by atoms with Crippen LogP contribution in [0.25, 0.3) is 11.3 Å². The molecule has 0 spiro atoms. The summed E-state index contributed by atoms with van der Waals surface area (Å²) in [7, 11) is 0. The maximum absolute atomic E-state index is 11.1. The standard InChI is InChI=1S/C13H12N2O3/c1-7-2-3-10-9(6-7)11-8(4-5-18-10)12(13(16)17)15-14-11/h2-3,6H,4-5H2,1H3,(H,14,15)(H,16,17). The van der Waals surface area contributed by atoms with Gasteiger partial charge in [-0.25, -0.2) is 4.79 Å². The Balaban J connectivity index is 2.25. The summed E-state index contributed by atoms with van der Waals surface area (Å²) < 4.78 is 5.63. The number of carboxylic acids is 1. The number of nitrogens with zero attached hydrogens (tertiary/aromatic N) is 1. The Morgan fingerprint density at radius 1 is 1.50 bits per heavy atom. The molecule has 0 fully saturated rings. The molecule has 5 nitrogen and oxygen atoms in total. The fourth-order valence-electron chi connectivity index (χ4n) is 2.23. The van der Waals surface area contributed by atoms with E-state index in [1.54, 1.807) is 0 Å². The largest absolute Gasteiger partial charge is 0.493 e. The first kappa shape index (κ1) is 10.8. The first-order valence-electron chi connectivity index (χ1n) is 5.71. The molecule has 0 bridgehead atoms. The zero-order valence-electron chi connectivity index (χ0n) is 9.86. The van der Waals surface area contributed by atoms with Crippen molar-refractivity contribution in [2.45, 2.75) is 13.3 Å². The van der Waals surface area contributed by atoms with E-state index in [0.717, 1.165) is 16.9 Å². The number of aryl methyl sites for hydroxylation is 1. The number of aromatic amines is 1. The number of carboxylic acid groups (broad SMARTS) is 1. The van der Waals surface area contributed by atoms with Gasteiger partial charge in [-0.3, -0.25) is 5.10 Å². The van der Waals surface area contributed by atoms with Crippen molar-refractivity contribution in [1.29, 1.82) is 0 Å². The van der Waals surface area contributed by atoms with Crippen molar-refractivity contribution in [2.24, 2.45) is 0 Å². The lowest BCUT2D eigenvalue weighted by Gasteiger charge is -2.06. The SMILES string of the molecule is Cc1ccc2c(c1)-c1n[nH]c(C(=O)O)c1CCO2. The number of H-pyrrole nitrogens is 1. The third kappa shape index (κ3) is 1.55. The molecule has 0 atom stereocenters. The van der Waals surface area contributed by atoms with Gasteiger partial charge in [-0.2, -0.15) is 5.10 Å². The van der Waals surface area contributed by atoms with Crippen LogP contribution in [0.2, 0.25) is 0 Å². The van der Waals surface area contributed by atoms with Crippen LogP contribution >= 0.6 is 0 Å². The van der Waals surface area contributed by atoms with E-state index in [-0.39, 0.29) is 5.69 Å². The van der Waals surface area contributed by atoms with Crippen LogP contribution in [0.15, 0.2) is 18.2 Å². The molecule has 92 valence electrons. The lowest BCUT2D eigenvalue weighted by atomic mass is 10.0. The van der Waals surface area contributed by atoms with Crippen LogP contribution in [-0.4, -0.2) is 27.9 Å². The van der Waals surface area contributed by atoms with E-state index in [2.05, 4.69) is 10.2 Å². The molecule has 2 aromatic rings. The van der Waals surface area contributed by atoms with E-state index in [4.69, 9.17) is 9.84 Å². The fourth-order valence-corrected chi connectivity index (χ4v) is 2.23. The summed E-state index contributed by atoms with van der Waals surface area (Å²) >= 11 is 0. The van der Waals surface area contributed by atoms with Crippen LogP contribution in [-0.2, 0) is 6.42 Å². The first-order valence-corrected chi connectivity index (χ1v) is 5.71. The molecule has 0 unspecified atom stereocenters. The van der Waals surface area contributed by atoms with Crippen molar-refractivity contribution in [2.75, 3.05) is 6.61 Å². The number of hydrogen-bond donors (Lipinski definition) is 2. The fraction of sp³-hybridized carbons (Fsp3) is 0.231. The minimum atomic E-state index is -0.986. The smallest absolute Gasteiger partial charge is 0.354 e. The second-order valence-electron chi connectivity index (χ2n) is 4.33. The van der Waals surface area contributed by atoms with Gasteiger partial charge in [-0.05, 0) is 19.1 Å². The van der Waals surface area contributed by atoms with Gasteiger partial charge in [0.1, 0.15) is 11.4 Å². The van der Waals surface area contributed by atoms with Crippen LogP contribution < -0.4 is 4.74 Å². The minimum absolute atomic E-state index is 0.156. The minimum Gasteiger partial charge on any atom is -0.493 e. The summed E-state index contributed by atoms with van der Waals surface area (Å²) in [5, 5.41) is 15.8. The van der Waals surface area contributed by atoms with E-state index >= 15 is 0 Å². The molecule has 0 aliphatic carbocycles. The van der Waals surface area contributed by atoms with E-state index in [0.29, 0.717) is 24.3 Å². The van der Waals surface area contributed by atoms with Crippen molar-refractivity contribution >= 4 is 5.97 Å². The average molecular weight is 244 g/mol. The molecule has 1 aliphatic rings. The molecule has 0 radical (unpaired) electrons. The number of ether oxygens (including phenoxy) is 1. The number of rotatable bonds is 1. The molecular formula is C13H12N2O3. The third-order valence-electron chi connectivity index (χ3n) is 3.08. The molecule has 2 N–H and O–H groups in total. The predicted molar refractivity (Wildman–Crippen MR) is 64.9 cm³/mol. The second kappa shape index (κ2) is 3.87. The monoisotopic (exact) mass is 244 g/mol. The molecule has 0 saturated carbocycles. The molecule has 0 saturated heterocycles. The zero-order chi connectivity index (χ0) is 12.7. The van der Waals surface area contributed by atoms with E-state index < -0.39 is 5.97 Å². The van der Waals surface area contributed by atoms with Gasteiger partial charge in [0.05, 0.1) is 12.3 Å². The summed E-state index contributed by atoms with van der Waals surface area (Å²) in [6.45, 7) is 2.44. The summed E-state index contributed by atoms with van der Waals surface area (Å²) in [5.41, 5.74) is 3.50. The molecule has 1 aromatic heterocycles. The molecule has 5 heteroatoms. The first-order chi connectivity index (χ1) is 8.66. The normalized spacial score (nSPS) is 13.2. The summed E-state index contributed by atoms with van der Waals surface area (Å²) in [4.78, 5) is 11.1. The molecule has 3 rings (SSSR count). The number of fused-ring (bicyclic) bond motifs is 3. The number of aromatic nitrogens is 2. The van der Waals surface area contributed by atoms with Crippen LogP contribution in [0.1, 0.15) is 21.6 Å². The van der Waals surface area contributed by atoms with Gasteiger partial charge in [0.2, 0.25) is 0 Å². The zero-order valence-corrected chi connectivity index (χ0v) is 9.86. The van der Waals surface area contributed by atoms with Gasteiger partial charge in [0.25, 0.3) is 0 Å². The lowest BCUT2D eigenvalue weighted by Crippen LogP contribution is -2.05. The molecule has 0 amide bonds. The Kier molecular flexibility index (Phi) is 2.33. The highest BCUT2D eigenvalue weighted by Crippen LogP contribution is 2.35. The van der Waals surface area contributed by atoms with Crippen molar-refractivity contribution < 1.29 is 14.6 Å². The Morgan fingerprint density at radius 2 is 2.33 bits per heavy atom. The Morgan fingerprint density at radius 3 is 3.11 bits per heavy atom. The lowest BCUT2D eigenvalue weighted by molar-refractivity contribution is 0.0689. The number of benzene rings is 1. The third-order valence-corrected chi connectivity index (χ3v) is 3.08. The quantitative estimate of drug-likeness (QED) is 0.804. The highest BCUT2D eigenvalue weighted by molar-refractivity contribution is 5.90. The summed E-state index contributed by atoms with van der Waals surface area (Å²) in [5.74, 6) is -0.234. The van der Waals surface area contributed by atoms with Gasteiger partial charge >= 0.3 is 5.97 Å². The second-order valence-corrected chi connectivity index (χ2v) is 4.33. The van der Waals surface area contributed by atoms with Gasteiger partial charge in [-0.1, -0.05) is 11.6 Å². The topological polar surface area (TPSA) is 75.2 Å². The van der Waals surface area contributed by atoms with Crippen molar-refractivity contribution in [3.8, 4) is 17.0 Å². The highest BCUT2D eigenvalue weighted by atomic mass is 16.5. The predicted octanol–water partition coefficient (Wildman–Crippen LogP) is 2.02. The number of nitrogens with one attached hydrogen (secondary N) is 1. The van der Waals surface area contributed by atoms with Gasteiger partial charge in [0.15, 0.2) is 0 Å². The van der Waals surface area contributed by atoms with Crippen molar-refractivity contribution in [3.05, 3.63) is 35.0 Å². The van der Waals surface area contributed by atoms with E-state index in [9.17, 15) is 4.79 Å². The molecule has 1 aromatic carbocycles. The van der Waals surface area contributed by atoms with E-state index in [1.165, 1.54) is 0 Å². The van der Waals surface area contributed by atoms with Gasteiger partial charge in [-0.15, -0.1) is 0 Å². The summed E-state index contributed by atoms with van der Waals surface area (Å²) in [6, 6.07) is 5.83. The van der Waals surface area contributed by atoms with Crippen LogP contribution in [0, 0.1) is 6.92 Å². The molecule has 2 heterocycles. The van der Waals surface area contributed by atoms with Crippen molar-refractivity contribution in [3.63, 3.8) is 0 Å². The van der Waals surface area contributed by atoms with Gasteiger partial charge < -0.3 is 9.84 Å². The maximum Gasteiger partial charge on any atom is 0.354 e. The van der Waals surface area contributed by atoms with E-state index in [1.807, 2.05) is 25.1 Å². The van der Waals surface area contributed by atoms with Gasteiger partial charge in [0, 0.05) is 17.5 Å². The number of hydrogen-bond acceptors (Lipinski definition) is 3. The Labute approximate surface area is 103 Å². The van der Waals surface area contributed by atoms with Crippen molar-refractivity contribution in [1.82, 2.24) is 10.2 Å².